The number of rotatable bonds is 1. The van der Waals surface area contributed by atoms with Crippen LogP contribution in [-0.4, -0.2) is 9.78 Å². The fourth-order valence-corrected chi connectivity index (χ4v) is 2.07. The van der Waals surface area contributed by atoms with Crippen LogP contribution in [-0.2, 0) is 11.0 Å². The van der Waals surface area contributed by atoms with Crippen molar-refractivity contribution in [2.45, 2.75) is 72.3 Å². The molecule has 3 heteroatoms. The van der Waals surface area contributed by atoms with Gasteiger partial charge in [-0.15, -0.1) is 0 Å². The Labute approximate surface area is 104 Å². The maximum absolute atomic E-state index is 12.5. The Bertz CT molecular complexity index is 450. The van der Waals surface area contributed by atoms with Gasteiger partial charge in [0, 0.05) is 11.3 Å². The predicted molar refractivity (Wildman–Crippen MR) is 72.8 cm³/mol. The molecule has 0 amide bonds. The maximum atomic E-state index is 12.5. The second-order valence-electron chi connectivity index (χ2n) is 7.12. The lowest BCUT2D eigenvalue weighted by Gasteiger charge is -2.20. The van der Waals surface area contributed by atoms with Crippen LogP contribution in [0.25, 0.3) is 0 Å². The van der Waals surface area contributed by atoms with Crippen molar-refractivity contribution in [3.8, 4) is 0 Å². The third-order valence-corrected chi connectivity index (χ3v) is 2.92. The number of H-pyrrole nitrogens is 1. The molecule has 1 rings (SSSR count). The summed E-state index contributed by atoms with van der Waals surface area (Å²) in [6.45, 7) is 16.6. The number of nitrogens with one attached hydrogen (secondary N) is 1. The van der Waals surface area contributed by atoms with Crippen LogP contribution in [0.4, 0.5) is 0 Å². The van der Waals surface area contributed by atoms with Gasteiger partial charge < -0.3 is 0 Å². The van der Waals surface area contributed by atoms with Crippen molar-refractivity contribution in [2.75, 3.05) is 0 Å². The van der Waals surface area contributed by atoms with Crippen LogP contribution < -0.4 is 5.56 Å². The Morgan fingerprint density at radius 1 is 1.06 bits per heavy atom. The molecule has 0 aromatic carbocycles. The van der Waals surface area contributed by atoms with E-state index in [1.165, 1.54) is 0 Å². The van der Waals surface area contributed by atoms with Crippen LogP contribution in [0.5, 0.6) is 0 Å². The summed E-state index contributed by atoms with van der Waals surface area (Å²) < 4.78 is 1.75. The van der Waals surface area contributed by atoms with Crippen molar-refractivity contribution in [1.82, 2.24) is 9.78 Å². The molecule has 3 nitrogen and oxygen atoms in total. The summed E-state index contributed by atoms with van der Waals surface area (Å²) in [5, 5.41) is 3.30. The Morgan fingerprint density at radius 3 is 1.76 bits per heavy atom. The summed E-state index contributed by atoms with van der Waals surface area (Å²) in [5.41, 5.74) is 1.78. The van der Waals surface area contributed by atoms with E-state index in [0.717, 1.165) is 11.3 Å². The molecule has 0 aliphatic carbocycles. The number of hydrogen-bond donors (Lipinski definition) is 1. The van der Waals surface area contributed by atoms with Crippen LogP contribution in [0.1, 0.15) is 72.6 Å². The van der Waals surface area contributed by atoms with E-state index < -0.39 is 0 Å². The lowest BCUT2D eigenvalue weighted by atomic mass is 9.84. The second kappa shape index (κ2) is 4.04. The van der Waals surface area contributed by atoms with Crippen LogP contribution in [0.15, 0.2) is 4.79 Å². The number of hydrogen-bond acceptors (Lipinski definition) is 1. The Kier molecular flexibility index (Phi) is 3.34. The summed E-state index contributed by atoms with van der Waals surface area (Å²) in [6.07, 6.45) is 0. The van der Waals surface area contributed by atoms with E-state index >= 15 is 0 Å². The molecule has 0 saturated heterocycles. The molecule has 0 radical (unpaired) electrons. The van der Waals surface area contributed by atoms with E-state index in [-0.39, 0.29) is 16.5 Å². The highest BCUT2D eigenvalue weighted by molar-refractivity contribution is 5.28. The first-order valence-electron chi connectivity index (χ1n) is 6.32. The molecule has 1 aromatic heterocycles. The zero-order chi connectivity index (χ0) is 13.6. The van der Waals surface area contributed by atoms with E-state index in [0.29, 0.717) is 5.92 Å². The normalized spacial score (nSPS) is 13.5. The minimum absolute atomic E-state index is 0.119. The molecule has 0 aliphatic heterocycles. The van der Waals surface area contributed by atoms with Crippen LogP contribution in [0.2, 0.25) is 0 Å². The molecule has 17 heavy (non-hydrogen) atoms. The van der Waals surface area contributed by atoms with E-state index in [1.807, 2.05) is 20.8 Å². The summed E-state index contributed by atoms with van der Waals surface area (Å²) in [6, 6.07) is 0. The molecular formula is C14H26N2O. The summed E-state index contributed by atoms with van der Waals surface area (Å²) in [4.78, 5) is 12.5. The monoisotopic (exact) mass is 238 g/mol. The number of aromatic amines is 1. The summed E-state index contributed by atoms with van der Waals surface area (Å²) >= 11 is 0. The molecule has 0 unspecified atom stereocenters. The molecular weight excluding hydrogens is 212 g/mol. The van der Waals surface area contributed by atoms with Gasteiger partial charge in [0.1, 0.15) is 0 Å². The van der Waals surface area contributed by atoms with E-state index in [9.17, 15) is 4.79 Å². The van der Waals surface area contributed by atoms with Gasteiger partial charge in [-0.1, -0.05) is 34.6 Å². The lowest BCUT2D eigenvalue weighted by molar-refractivity contribution is 0.341. The van der Waals surface area contributed by atoms with Gasteiger partial charge in [-0.3, -0.25) is 9.89 Å². The van der Waals surface area contributed by atoms with E-state index in [4.69, 9.17) is 0 Å². The average Bonchev–Trinajstić information content (AvgIpc) is 2.40. The fourth-order valence-electron chi connectivity index (χ4n) is 2.07. The zero-order valence-electron chi connectivity index (χ0n) is 12.4. The van der Waals surface area contributed by atoms with Crippen LogP contribution in [0.3, 0.4) is 0 Å². The van der Waals surface area contributed by atoms with Crippen molar-refractivity contribution in [3.05, 3.63) is 21.6 Å². The smallest absolute Gasteiger partial charge is 0.270 e. The minimum atomic E-state index is -0.204. The van der Waals surface area contributed by atoms with Gasteiger partial charge in [-0.05, 0) is 32.1 Å². The second-order valence-corrected chi connectivity index (χ2v) is 7.12. The molecule has 0 atom stereocenters. The first kappa shape index (κ1) is 14.1. The Balaban J connectivity index is 3.59. The molecule has 1 N–H and O–H groups in total. The SMILES string of the molecule is CC(C)c1[nH]n(C(C)(C)C)c(=O)c1C(C)(C)C. The topological polar surface area (TPSA) is 37.8 Å². The van der Waals surface area contributed by atoms with Gasteiger partial charge in [0.2, 0.25) is 0 Å². The third-order valence-electron chi connectivity index (χ3n) is 2.92. The maximum Gasteiger partial charge on any atom is 0.270 e. The van der Waals surface area contributed by atoms with Gasteiger partial charge in [0.15, 0.2) is 0 Å². The van der Waals surface area contributed by atoms with Gasteiger partial charge >= 0.3 is 0 Å². The van der Waals surface area contributed by atoms with Gasteiger partial charge in [0.25, 0.3) is 5.56 Å². The summed E-state index contributed by atoms with van der Waals surface area (Å²) in [7, 11) is 0. The van der Waals surface area contributed by atoms with Crippen molar-refractivity contribution >= 4 is 0 Å². The number of nitrogens with zero attached hydrogens (tertiary/aromatic N) is 1. The molecule has 1 aromatic rings. The van der Waals surface area contributed by atoms with Crippen molar-refractivity contribution in [2.24, 2.45) is 0 Å². The van der Waals surface area contributed by atoms with Crippen LogP contribution in [0, 0.1) is 0 Å². The van der Waals surface area contributed by atoms with Gasteiger partial charge in [-0.2, -0.15) is 0 Å². The van der Waals surface area contributed by atoms with Crippen molar-refractivity contribution in [3.63, 3.8) is 0 Å². The third kappa shape index (κ3) is 2.64. The standard InChI is InChI=1S/C14H26N2O/c1-9(2)11-10(13(3,4)5)12(17)16(15-11)14(6,7)8/h9,15H,1-8H3. The first-order chi connectivity index (χ1) is 7.46. The van der Waals surface area contributed by atoms with E-state index in [2.05, 4.69) is 39.7 Å². The number of aromatic nitrogens is 2. The van der Waals surface area contributed by atoms with Crippen molar-refractivity contribution < 1.29 is 0 Å². The minimum Gasteiger partial charge on any atom is -0.299 e. The van der Waals surface area contributed by atoms with Gasteiger partial charge in [0.05, 0.1) is 5.54 Å². The van der Waals surface area contributed by atoms with Gasteiger partial charge in [-0.25, -0.2) is 4.68 Å². The van der Waals surface area contributed by atoms with Crippen LogP contribution >= 0.6 is 0 Å². The van der Waals surface area contributed by atoms with Crippen molar-refractivity contribution in [1.29, 1.82) is 0 Å². The highest BCUT2D eigenvalue weighted by Crippen LogP contribution is 2.27. The highest BCUT2D eigenvalue weighted by atomic mass is 16.1. The summed E-state index contributed by atoms with van der Waals surface area (Å²) in [5.74, 6) is 0.334. The molecule has 1 heterocycles. The predicted octanol–water partition coefficient (Wildman–Crippen LogP) is 3.35. The molecule has 0 aliphatic rings. The molecule has 98 valence electrons. The van der Waals surface area contributed by atoms with E-state index in [1.54, 1.807) is 4.68 Å². The quantitative estimate of drug-likeness (QED) is 0.800. The molecule has 0 bridgehead atoms. The fraction of sp³-hybridized carbons (Fsp3) is 0.786. The molecule has 0 fully saturated rings. The highest BCUT2D eigenvalue weighted by Gasteiger charge is 2.29. The lowest BCUT2D eigenvalue weighted by Crippen LogP contribution is -2.35. The first-order valence-corrected chi connectivity index (χ1v) is 6.32. The average molecular weight is 238 g/mol. The Morgan fingerprint density at radius 2 is 1.53 bits per heavy atom. The Hall–Kier alpha value is -0.990. The molecule has 0 saturated carbocycles. The largest absolute Gasteiger partial charge is 0.299 e. The zero-order valence-corrected chi connectivity index (χ0v) is 12.4. The molecule has 0 spiro atoms.